The van der Waals surface area contributed by atoms with E-state index in [9.17, 15) is 9.59 Å². The smallest absolute Gasteiger partial charge is 0.231 e. The van der Waals surface area contributed by atoms with E-state index < -0.39 is 0 Å². The van der Waals surface area contributed by atoms with Gasteiger partial charge >= 0.3 is 0 Å². The molecule has 2 heterocycles. The van der Waals surface area contributed by atoms with E-state index >= 15 is 0 Å². The highest BCUT2D eigenvalue weighted by atomic mass is 32.1. The Hall–Kier alpha value is -2.28. The first-order valence-corrected chi connectivity index (χ1v) is 10.9. The lowest BCUT2D eigenvalue weighted by Crippen LogP contribution is -2.28. The van der Waals surface area contributed by atoms with E-state index in [2.05, 4.69) is 15.5 Å². The standard InChI is InChI=1S/C21H26N4O2S/c1-13-7-6-10-17(14(13)2)25-12-16(11-18(25)26)19(27)22-21-24-23-20(28-21)15-8-4-3-5-9-15/h6-7,10,15-16H,3-5,8-9,11-12H2,1-2H3,(H,22,24,27)/t16-/m0/s1. The molecule has 1 aliphatic heterocycles. The van der Waals surface area contributed by atoms with Crippen LogP contribution >= 0.6 is 11.3 Å². The van der Waals surface area contributed by atoms with Gasteiger partial charge in [-0.2, -0.15) is 0 Å². The molecule has 2 aliphatic rings. The van der Waals surface area contributed by atoms with Crippen molar-refractivity contribution in [2.24, 2.45) is 5.92 Å². The number of hydrogen-bond donors (Lipinski definition) is 1. The fourth-order valence-electron chi connectivity index (χ4n) is 4.15. The predicted octanol–water partition coefficient (Wildman–Crippen LogP) is 4.19. The van der Waals surface area contributed by atoms with Gasteiger partial charge in [-0.25, -0.2) is 0 Å². The number of nitrogens with one attached hydrogen (secondary N) is 1. The molecule has 1 aliphatic carbocycles. The Labute approximate surface area is 169 Å². The number of benzene rings is 1. The lowest BCUT2D eigenvalue weighted by Gasteiger charge is -2.20. The van der Waals surface area contributed by atoms with Crippen molar-refractivity contribution < 1.29 is 9.59 Å². The zero-order valence-electron chi connectivity index (χ0n) is 16.4. The van der Waals surface area contributed by atoms with Crippen LogP contribution < -0.4 is 10.2 Å². The molecular formula is C21H26N4O2S. The summed E-state index contributed by atoms with van der Waals surface area (Å²) in [7, 11) is 0. The Balaban J connectivity index is 1.41. The molecule has 148 valence electrons. The van der Waals surface area contributed by atoms with E-state index in [1.165, 1.54) is 30.6 Å². The molecule has 0 radical (unpaired) electrons. The quantitative estimate of drug-likeness (QED) is 0.838. The van der Waals surface area contributed by atoms with Crippen molar-refractivity contribution in [3.8, 4) is 0 Å². The third kappa shape index (κ3) is 3.81. The van der Waals surface area contributed by atoms with Crippen molar-refractivity contribution in [1.82, 2.24) is 10.2 Å². The molecule has 4 rings (SSSR count). The maximum absolute atomic E-state index is 12.7. The van der Waals surface area contributed by atoms with Gasteiger partial charge in [0.05, 0.1) is 5.92 Å². The summed E-state index contributed by atoms with van der Waals surface area (Å²) in [6.07, 6.45) is 6.32. The number of nitrogens with zero attached hydrogens (tertiary/aromatic N) is 3. The Morgan fingerprint density at radius 2 is 1.96 bits per heavy atom. The van der Waals surface area contributed by atoms with Gasteiger partial charge in [0.15, 0.2) is 0 Å². The number of hydrogen-bond acceptors (Lipinski definition) is 5. The first kappa shape index (κ1) is 19.1. The molecular weight excluding hydrogens is 372 g/mol. The van der Waals surface area contributed by atoms with Gasteiger partial charge < -0.3 is 10.2 Å². The van der Waals surface area contributed by atoms with Crippen LogP contribution in [0.1, 0.15) is 60.6 Å². The summed E-state index contributed by atoms with van der Waals surface area (Å²) in [5, 5.41) is 12.9. The van der Waals surface area contributed by atoms with Crippen molar-refractivity contribution in [3.63, 3.8) is 0 Å². The molecule has 28 heavy (non-hydrogen) atoms. The molecule has 1 saturated carbocycles. The molecule has 2 fully saturated rings. The number of carbonyl (C=O) groups excluding carboxylic acids is 2. The minimum atomic E-state index is -0.366. The Morgan fingerprint density at radius 3 is 2.75 bits per heavy atom. The second-order valence-electron chi connectivity index (χ2n) is 7.89. The summed E-state index contributed by atoms with van der Waals surface area (Å²) in [4.78, 5) is 27.0. The predicted molar refractivity (Wildman–Crippen MR) is 111 cm³/mol. The number of amides is 2. The highest BCUT2D eigenvalue weighted by Gasteiger charge is 2.36. The normalized spacial score (nSPS) is 20.6. The van der Waals surface area contributed by atoms with Crippen LogP contribution in [0, 0.1) is 19.8 Å². The third-order valence-corrected chi connectivity index (χ3v) is 6.99. The molecule has 6 nitrogen and oxygen atoms in total. The number of aromatic nitrogens is 2. The SMILES string of the molecule is Cc1cccc(N2C[C@@H](C(=O)Nc3nnc(C4CCCCC4)s3)CC2=O)c1C. The van der Waals surface area contributed by atoms with E-state index in [-0.39, 0.29) is 24.2 Å². The minimum Gasteiger partial charge on any atom is -0.311 e. The van der Waals surface area contributed by atoms with E-state index in [1.807, 2.05) is 32.0 Å². The number of rotatable bonds is 4. The largest absolute Gasteiger partial charge is 0.311 e. The first-order chi connectivity index (χ1) is 13.5. The van der Waals surface area contributed by atoms with E-state index in [0.29, 0.717) is 17.6 Å². The highest BCUT2D eigenvalue weighted by Crippen LogP contribution is 2.35. The van der Waals surface area contributed by atoms with Crippen LogP contribution in [-0.2, 0) is 9.59 Å². The van der Waals surface area contributed by atoms with Gasteiger partial charge in [-0.1, -0.05) is 42.7 Å². The maximum Gasteiger partial charge on any atom is 0.231 e. The second kappa shape index (κ2) is 7.99. The molecule has 0 unspecified atom stereocenters. The van der Waals surface area contributed by atoms with Crippen LogP contribution in [0.2, 0.25) is 0 Å². The molecule has 2 amide bonds. The molecule has 1 aromatic heterocycles. The average molecular weight is 399 g/mol. The molecule has 1 N–H and O–H groups in total. The van der Waals surface area contributed by atoms with E-state index in [0.717, 1.165) is 34.7 Å². The summed E-state index contributed by atoms with van der Waals surface area (Å²) < 4.78 is 0. The maximum atomic E-state index is 12.7. The molecule has 1 atom stereocenters. The lowest BCUT2D eigenvalue weighted by atomic mass is 9.90. The van der Waals surface area contributed by atoms with Gasteiger partial charge in [-0.15, -0.1) is 10.2 Å². The topological polar surface area (TPSA) is 75.2 Å². The molecule has 2 aromatic rings. The highest BCUT2D eigenvalue weighted by molar-refractivity contribution is 7.15. The van der Waals surface area contributed by atoms with Crippen LogP contribution in [0.4, 0.5) is 10.8 Å². The van der Waals surface area contributed by atoms with Gasteiger partial charge in [-0.3, -0.25) is 9.59 Å². The van der Waals surface area contributed by atoms with Crippen molar-refractivity contribution in [3.05, 3.63) is 34.3 Å². The van der Waals surface area contributed by atoms with Crippen LogP contribution in [-0.4, -0.2) is 28.6 Å². The lowest BCUT2D eigenvalue weighted by molar-refractivity contribution is -0.122. The van der Waals surface area contributed by atoms with Gasteiger partial charge in [0.1, 0.15) is 5.01 Å². The fraction of sp³-hybridized carbons (Fsp3) is 0.524. The Kier molecular flexibility index (Phi) is 5.44. The zero-order valence-corrected chi connectivity index (χ0v) is 17.2. The summed E-state index contributed by atoms with van der Waals surface area (Å²) in [6.45, 7) is 4.45. The van der Waals surface area contributed by atoms with E-state index in [1.54, 1.807) is 4.90 Å². The van der Waals surface area contributed by atoms with Crippen molar-refractivity contribution in [1.29, 1.82) is 0 Å². The van der Waals surface area contributed by atoms with Gasteiger partial charge in [-0.05, 0) is 43.9 Å². The molecule has 7 heteroatoms. The minimum absolute atomic E-state index is 0.00555. The van der Waals surface area contributed by atoms with Crippen molar-refractivity contribution >= 4 is 34.0 Å². The first-order valence-electron chi connectivity index (χ1n) is 10.0. The number of aryl methyl sites for hydroxylation is 1. The Morgan fingerprint density at radius 1 is 1.18 bits per heavy atom. The third-order valence-electron chi connectivity index (χ3n) is 5.99. The summed E-state index contributed by atoms with van der Waals surface area (Å²) in [6, 6.07) is 5.93. The molecule has 1 aromatic carbocycles. The summed E-state index contributed by atoms with van der Waals surface area (Å²) >= 11 is 1.48. The molecule has 0 bridgehead atoms. The van der Waals surface area contributed by atoms with Gasteiger partial charge in [0.25, 0.3) is 0 Å². The number of carbonyl (C=O) groups is 2. The average Bonchev–Trinajstić information content (AvgIpc) is 3.32. The van der Waals surface area contributed by atoms with Crippen LogP contribution in [0.5, 0.6) is 0 Å². The fourth-order valence-corrected chi connectivity index (χ4v) is 5.07. The summed E-state index contributed by atoms with van der Waals surface area (Å²) in [5.74, 6) is -0.0410. The molecule has 0 spiro atoms. The van der Waals surface area contributed by atoms with Crippen molar-refractivity contribution in [2.45, 2.75) is 58.3 Å². The van der Waals surface area contributed by atoms with Crippen LogP contribution in [0.25, 0.3) is 0 Å². The van der Waals surface area contributed by atoms with Crippen LogP contribution in [0.3, 0.4) is 0 Å². The van der Waals surface area contributed by atoms with E-state index in [4.69, 9.17) is 0 Å². The zero-order chi connectivity index (χ0) is 19.7. The second-order valence-corrected chi connectivity index (χ2v) is 8.90. The Bertz CT molecular complexity index is 888. The van der Waals surface area contributed by atoms with Crippen LogP contribution in [0.15, 0.2) is 18.2 Å². The van der Waals surface area contributed by atoms with Gasteiger partial charge in [0, 0.05) is 24.6 Å². The monoisotopic (exact) mass is 398 g/mol. The number of anilines is 2. The van der Waals surface area contributed by atoms with Gasteiger partial charge in [0.2, 0.25) is 16.9 Å². The summed E-state index contributed by atoms with van der Waals surface area (Å²) in [5.41, 5.74) is 3.12. The van der Waals surface area contributed by atoms with Crippen molar-refractivity contribution in [2.75, 3.05) is 16.8 Å². The molecule has 1 saturated heterocycles.